The van der Waals surface area contributed by atoms with E-state index in [4.69, 9.17) is 4.74 Å². The Hall–Kier alpha value is -1.40. The molecule has 1 aromatic rings. The van der Waals surface area contributed by atoms with Crippen LogP contribution in [0.2, 0.25) is 0 Å². The molecule has 0 spiro atoms. The topological polar surface area (TPSA) is 58.6 Å². The summed E-state index contributed by atoms with van der Waals surface area (Å²) in [7, 11) is 1.39. The predicted molar refractivity (Wildman–Crippen MR) is 95.8 cm³/mol. The number of nitrogens with zero attached hydrogens (tertiary/aromatic N) is 1. The normalized spacial score (nSPS) is 18.4. The van der Waals surface area contributed by atoms with Crippen molar-refractivity contribution in [1.82, 2.24) is 4.90 Å². The van der Waals surface area contributed by atoms with Crippen LogP contribution in [0, 0.1) is 5.92 Å². The lowest BCUT2D eigenvalue weighted by Gasteiger charge is -2.29. The zero-order valence-corrected chi connectivity index (χ0v) is 15.3. The van der Waals surface area contributed by atoms with Crippen molar-refractivity contribution < 1.29 is 14.3 Å². The largest absolute Gasteiger partial charge is 0.465 e. The number of methoxy groups -OCH3 is 1. The van der Waals surface area contributed by atoms with Gasteiger partial charge in [-0.1, -0.05) is 6.92 Å². The van der Waals surface area contributed by atoms with E-state index in [-0.39, 0.29) is 11.9 Å². The number of fused-ring (bicyclic) bond motifs is 1. The highest BCUT2D eigenvalue weighted by atomic mass is 32.1. The summed E-state index contributed by atoms with van der Waals surface area (Å²) >= 11 is 1.54. The molecule has 0 saturated carbocycles. The Kier molecular flexibility index (Phi) is 5.56. The molecule has 5 nitrogen and oxygen atoms in total. The second-order valence-electron chi connectivity index (χ2n) is 6.88. The first-order chi connectivity index (χ1) is 11.6. The Bertz CT molecular complexity index is 618. The fraction of sp³-hybridized carbons (Fsp3) is 0.667. The number of anilines is 1. The Balaban J connectivity index is 1.59. The number of likely N-dealkylation sites (tertiary alicyclic amines) is 1. The maximum absolute atomic E-state index is 12.3. The third-order valence-electron chi connectivity index (χ3n) is 5.10. The first-order valence-electron chi connectivity index (χ1n) is 8.83. The predicted octanol–water partition coefficient (Wildman–Crippen LogP) is 3.08. The molecular weight excluding hydrogens is 324 g/mol. The van der Waals surface area contributed by atoms with Crippen LogP contribution < -0.4 is 5.32 Å². The lowest BCUT2D eigenvalue weighted by Crippen LogP contribution is -2.35. The maximum atomic E-state index is 12.3. The van der Waals surface area contributed by atoms with Gasteiger partial charge in [-0.15, -0.1) is 11.3 Å². The summed E-state index contributed by atoms with van der Waals surface area (Å²) in [5.74, 6) is 0.444. The summed E-state index contributed by atoms with van der Waals surface area (Å²) < 4.78 is 4.92. The number of carbonyl (C=O) groups is 2. The smallest absolute Gasteiger partial charge is 0.341 e. The Labute approximate surface area is 147 Å². The molecule has 1 aromatic heterocycles. The van der Waals surface area contributed by atoms with Crippen LogP contribution in [0.15, 0.2) is 0 Å². The number of piperidine rings is 1. The molecule has 0 atom stereocenters. The van der Waals surface area contributed by atoms with Crippen LogP contribution >= 0.6 is 11.3 Å². The zero-order chi connectivity index (χ0) is 17.1. The van der Waals surface area contributed by atoms with Crippen LogP contribution in [0.1, 0.15) is 53.4 Å². The number of thiophene rings is 1. The molecule has 0 bridgehead atoms. The maximum Gasteiger partial charge on any atom is 0.341 e. The molecule has 1 fully saturated rings. The highest BCUT2D eigenvalue weighted by molar-refractivity contribution is 7.17. The molecule has 24 heavy (non-hydrogen) atoms. The minimum absolute atomic E-state index is 0.0151. The van der Waals surface area contributed by atoms with Crippen LogP contribution in [0.25, 0.3) is 0 Å². The van der Waals surface area contributed by atoms with Gasteiger partial charge >= 0.3 is 5.97 Å². The van der Waals surface area contributed by atoms with E-state index in [0.717, 1.165) is 50.4 Å². The van der Waals surface area contributed by atoms with Gasteiger partial charge in [0.05, 0.1) is 12.7 Å². The van der Waals surface area contributed by atoms with Crippen molar-refractivity contribution in [3.05, 3.63) is 16.0 Å². The Morgan fingerprint density at radius 2 is 2.04 bits per heavy atom. The number of aryl methyl sites for hydroxylation is 1. The third-order valence-corrected chi connectivity index (χ3v) is 6.30. The summed E-state index contributed by atoms with van der Waals surface area (Å²) in [4.78, 5) is 28.0. The molecule has 2 aliphatic rings. The highest BCUT2D eigenvalue weighted by Gasteiger charge is 2.28. The molecule has 1 saturated heterocycles. The van der Waals surface area contributed by atoms with E-state index < -0.39 is 0 Å². The van der Waals surface area contributed by atoms with E-state index in [9.17, 15) is 9.59 Å². The van der Waals surface area contributed by atoms with Crippen molar-refractivity contribution in [1.29, 1.82) is 0 Å². The van der Waals surface area contributed by atoms with Crippen LogP contribution in [0.3, 0.4) is 0 Å². The summed E-state index contributed by atoms with van der Waals surface area (Å²) in [6.07, 6.45) is 5.87. The standard InChI is InChI=1S/C18H26N2O3S/c1-12-6-9-20(10-7-12)11-8-15(21)19-17-16(18(22)23-2)13-4-3-5-14(13)24-17/h12H,3-11H2,1-2H3,(H,19,21). The monoisotopic (exact) mass is 350 g/mol. The third kappa shape index (κ3) is 3.81. The number of carbonyl (C=O) groups excluding carboxylic acids is 2. The van der Waals surface area contributed by atoms with Crippen LogP contribution in [-0.2, 0) is 22.4 Å². The molecule has 2 heterocycles. The summed E-state index contributed by atoms with van der Waals surface area (Å²) in [5, 5.41) is 3.63. The van der Waals surface area contributed by atoms with Gasteiger partial charge in [-0.05, 0) is 56.7 Å². The average Bonchev–Trinajstić information content (AvgIpc) is 3.14. The number of nitrogens with one attached hydrogen (secondary N) is 1. The molecule has 6 heteroatoms. The van der Waals surface area contributed by atoms with Gasteiger partial charge in [-0.25, -0.2) is 4.79 Å². The van der Waals surface area contributed by atoms with Gasteiger partial charge < -0.3 is 15.0 Å². The number of hydrogen-bond acceptors (Lipinski definition) is 5. The average molecular weight is 350 g/mol. The van der Waals surface area contributed by atoms with Crippen LogP contribution in [-0.4, -0.2) is 43.5 Å². The van der Waals surface area contributed by atoms with E-state index in [2.05, 4.69) is 17.1 Å². The van der Waals surface area contributed by atoms with Gasteiger partial charge in [0, 0.05) is 17.8 Å². The van der Waals surface area contributed by atoms with Crippen molar-refractivity contribution in [2.45, 2.75) is 45.4 Å². The van der Waals surface area contributed by atoms with Crippen LogP contribution in [0.5, 0.6) is 0 Å². The van der Waals surface area contributed by atoms with Crippen molar-refractivity contribution in [3.63, 3.8) is 0 Å². The number of esters is 1. The fourth-order valence-corrected chi connectivity index (χ4v) is 4.84. The minimum atomic E-state index is -0.338. The molecule has 0 unspecified atom stereocenters. The van der Waals surface area contributed by atoms with Gasteiger partial charge in [0.25, 0.3) is 0 Å². The molecule has 1 aliphatic heterocycles. The van der Waals surface area contributed by atoms with Crippen molar-refractivity contribution in [2.24, 2.45) is 5.92 Å². The van der Waals surface area contributed by atoms with Gasteiger partial charge in [0.15, 0.2) is 0 Å². The molecular formula is C18H26N2O3S. The summed E-state index contributed by atoms with van der Waals surface area (Å²) in [6, 6.07) is 0. The highest BCUT2D eigenvalue weighted by Crippen LogP contribution is 2.39. The van der Waals surface area contributed by atoms with Crippen molar-refractivity contribution in [2.75, 3.05) is 32.1 Å². The molecule has 1 aliphatic carbocycles. The minimum Gasteiger partial charge on any atom is -0.465 e. The lowest BCUT2D eigenvalue weighted by molar-refractivity contribution is -0.116. The molecule has 132 valence electrons. The molecule has 1 N–H and O–H groups in total. The van der Waals surface area contributed by atoms with Crippen molar-refractivity contribution in [3.8, 4) is 0 Å². The number of ether oxygens (including phenoxy) is 1. The molecule has 0 radical (unpaired) electrons. The summed E-state index contributed by atoms with van der Waals surface area (Å²) in [5.41, 5.74) is 1.65. The number of amides is 1. The van der Waals surface area contributed by atoms with E-state index in [0.29, 0.717) is 17.0 Å². The first kappa shape index (κ1) is 17.4. The SMILES string of the molecule is COC(=O)c1c(NC(=O)CCN2CCC(C)CC2)sc2c1CCC2. The molecule has 3 rings (SSSR count). The lowest BCUT2D eigenvalue weighted by atomic mass is 9.99. The Morgan fingerprint density at radius 3 is 2.75 bits per heavy atom. The van der Waals surface area contributed by atoms with E-state index in [1.165, 1.54) is 36.2 Å². The molecule has 1 amide bonds. The Morgan fingerprint density at radius 1 is 1.29 bits per heavy atom. The quantitative estimate of drug-likeness (QED) is 0.829. The van der Waals surface area contributed by atoms with Gasteiger partial charge in [-0.3, -0.25) is 4.79 Å². The summed E-state index contributed by atoms with van der Waals surface area (Å²) in [6.45, 7) is 5.23. The zero-order valence-electron chi connectivity index (χ0n) is 14.5. The van der Waals surface area contributed by atoms with E-state index in [1.54, 1.807) is 0 Å². The molecule has 0 aromatic carbocycles. The first-order valence-corrected chi connectivity index (χ1v) is 9.65. The van der Waals surface area contributed by atoms with Gasteiger partial charge in [0.1, 0.15) is 5.00 Å². The number of rotatable bonds is 5. The van der Waals surface area contributed by atoms with Crippen molar-refractivity contribution >= 4 is 28.2 Å². The van der Waals surface area contributed by atoms with Gasteiger partial charge in [-0.2, -0.15) is 0 Å². The van der Waals surface area contributed by atoms with Gasteiger partial charge in [0.2, 0.25) is 5.91 Å². The second kappa shape index (κ2) is 7.66. The second-order valence-corrected chi connectivity index (χ2v) is 7.98. The van der Waals surface area contributed by atoms with Crippen LogP contribution in [0.4, 0.5) is 5.00 Å². The van der Waals surface area contributed by atoms with E-state index in [1.807, 2.05) is 0 Å². The number of hydrogen-bond donors (Lipinski definition) is 1. The van der Waals surface area contributed by atoms with E-state index >= 15 is 0 Å². The fourth-order valence-electron chi connectivity index (χ4n) is 3.54.